The Hall–Kier alpha value is -3.50. The van der Waals surface area contributed by atoms with Crippen LogP contribution in [0.15, 0.2) is 47.0 Å². The van der Waals surface area contributed by atoms with Gasteiger partial charge < -0.3 is 23.6 Å². The number of nitro benzene ring substituents is 1. The van der Waals surface area contributed by atoms with Crippen molar-refractivity contribution in [3.8, 4) is 28.6 Å². The van der Waals surface area contributed by atoms with Crippen molar-refractivity contribution in [3.63, 3.8) is 0 Å². The molecule has 164 valence electrons. The van der Waals surface area contributed by atoms with Crippen LogP contribution in [0.1, 0.15) is 0 Å². The van der Waals surface area contributed by atoms with E-state index >= 15 is 0 Å². The van der Waals surface area contributed by atoms with Crippen LogP contribution in [0.4, 0.5) is 11.4 Å². The summed E-state index contributed by atoms with van der Waals surface area (Å²) in [6.07, 6.45) is 0. The Morgan fingerprint density at radius 2 is 1.77 bits per heavy atom. The molecule has 0 bridgehead atoms. The van der Waals surface area contributed by atoms with Crippen LogP contribution in [0.5, 0.6) is 5.75 Å². The van der Waals surface area contributed by atoms with Gasteiger partial charge in [-0.05, 0) is 24.3 Å². The molecule has 3 rings (SSSR count). The molecule has 0 unspecified atom stereocenters. The van der Waals surface area contributed by atoms with Crippen molar-refractivity contribution in [1.82, 2.24) is 10.1 Å². The molecular formula is C21H24N4O6. The molecule has 0 atom stereocenters. The lowest BCUT2D eigenvalue weighted by Crippen LogP contribution is -2.31. The largest absolute Gasteiger partial charge is 0.496 e. The van der Waals surface area contributed by atoms with E-state index in [-0.39, 0.29) is 11.6 Å². The number of benzene rings is 2. The van der Waals surface area contributed by atoms with Crippen molar-refractivity contribution in [2.75, 3.05) is 52.5 Å². The maximum Gasteiger partial charge on any atom is 0.293 e. The lowest BCUT2D eigenvalue weighted by molar-refractivity contribution is -0.384. The van der Waals surface area contributed by atoms with E-state index in [0.29, 0.717) is 54.7 Å². The smallest absolute Gasteiger partial charge is 0.293 e. The summed E-state index contributed by atoms with van der Waals surface area (Å²) in [6, 6.07) is 12.1. The first kappa shape index (κ1) is 22.2. The zero-order chi connectivity index (χ0) is 22.2. The fourth-order valence-corrected chi connectivity index (χ4v) is 3.11. The number of methoxy groups -OCH3 is 3. The third kappa shape index (κ3) is 5.16. The van der Waals surface area contributed by atoms with E-state index in [1.54, 1.807) is 39.5 Å². The molecule has 0 saturated heterocycles. The molecule has 31 heavy (non-hydrogen) atoms. The van der Waals surface area contributed by atoms with Crippen molar-refractivity contribution in [1.29, 1.82) is 0 Å². The highest BCUT2D eigenvalue weighted by atomic mass is 16.6. The van der Waals surface area contributed by atoms with Crippen LogP contribution >= 0.6 is 0 Å². The third-order valence-corrected chi connectivity index (χ3v) is 4.66. The molecule has 10 nitrogen and oxygen atoms in total. The van der Waals surface area contributed by atoms with Gasteiger partial charge in [0.15, 0.2) is 0 Å². The Morgan fingerprint density at radius 3 is 2.42 bits per heavy atom. The number of nitrogens with zero attached hydrogens (tertiary/aromatic N) is 4. The first-order chi connectivity index (χ1) is 15.1. The molecule has 1 heterocycles. The maximum absolute atomic E-state index is 11.8. The number of hydrogen-bond donors (Lipinski definition) is 0. The van der Waals surface area contributed by atoms with Crippen LogP contribution in [0.3, 0.4) is 0 Å². The molecular weight excluding hydrogens is 404 g/mol. The molecule has 0 spiro atoms. The minimum absolute atomic E-state index is 0.0678. The monoisotopic (exact) mass is 428 g/mol. The van der Waals surface area contributed by atoms with E-state index in [4.69, 9.17) is 18.7 Å². The van der Waals surface area contributed by atoms with Gasteiger partial charge in [0, 0.05) is 38.9 Å². The average molecular weight is 428 g/mol. The average Bonchev–Trinajstić information content (AvgIpc) is 3.29. The van der Waals surface area contributed by atoms with Crippen LogP contribution < -0.4 is 9.64 Å². The highest BCUT2D eigenvalue weighted by molar-refractivity contribution is 5.72. The van der Waals surface area contributed by atoms with E-state index in [1.165, 1.54) is 6.07 Å². The zero-order valence-electron chi connectivity index (χ0n) is 17.6. The molecule has 0 amide bonds. The number of nitro groups is 1. The van der Waals surface area contributed by atoms with Crippen molar-refractivity contribution < 1.29 is 23.7 Å². The van der Waals surface area contributed by atoms with Gasteiger partial charge in [-0.3, -0.25) is 10.1 Å². The fourth-order valence-electron chi connectivity index (χ4n) is 3.11. The minimum atomic E-state index is -0.428. The number of para-hydroxylation sites is 1. The Balaban J connectivity index is 1.96. The summed E-state index contributed by atoms with van der Waals surface area (Å²) in [6.45, 7) is 1.82. The number of ether oxygens (including phenoxy) is 3. The standard InChI is InChI=1S/C21H24N4O6/c1-28-12-10-24(11-13-29-2)17-9-8-15(14-18(17)25(26)27)21-22-20(23-31-21)16-6-4-5-7-19(16)30-3/h4-9,14H,10-13H2,1-3H3. The Morgan fingerprint density at radius 1 is 1.06 bits per heavy atom. The Labute approximate surface area is 179 Å². The summed E-state index contributed by atoms with van der Waals surface area (Å²) in [5.74, 6) is 1.11. The van der Waals surface area contributed by atoms with E-state index in [0.717, 1.165) is 0 Å². The summed E-state index contributed by atoms with van der Waals surface area (Å²) in [5, 5.41) is 15.8. The molecule has 0 saturated carbocycles. The van der Waals surface area contributed by atoms with E-state index in [2.05, 4.69) is 10.1 Å². The molecule has 0 N–H and O–H groups in total. The molecule has 2 aromatic carbocycles. The first-order valence-electron chi connectivity index (χ1n) is 9.57. The molecule has 0 aliphatic heterocycles. The van der Waals surface area contributed by atoms with E-state index < -0.39 is 4.92 Å². The van der Waals surface area contributed by atoms with Crippen LogP contribution in [-0.2, 0) is 9.47 Å². The number of rotatable bonds is 11. The van der Waals surface area contributed by atoms with E-state index in [9.17, 15) is 10.1 Å². The molecule has 0 aliphatic rings. The van der Waals surface area contributed by atoms with Gasteiger partial charge in [0.05, 0.1) is 30.8 Å². The molecule has 0 radical (unpaired) electrons. The SMILES string of the molecule is COCCN(CCOC)c1ccc(-c2nc(-c3ccccc3OC)no2)cc1[N+](=O)[O-]. The third-order valence-electron chi connectivity index (χ3n) is 4.66. The predicted molar refractivity (Wildman–Crippen MR) is 114 cm³/mol. The summed E-state index contributed by atoms with van der Waals surface area (Å²) >= 11 is 0. The van der Waals surface area contributed by atoms with Crippen molar-refractivity contribution in [2.45, 2.75) is 0 Å². The predicted octanol–water partition coefficient (Wildman–Crippen LogP) is 3.42. The zero-order valence-corrected chi connectivity index (χ0v) is 17.6. The Kier molecular flexibility index (Phi) is 7.52. The normalized spacial score (nSPS) is 10.8. The van der Waals surface area contributed by atoms with Crippen LogP contribution in [0.2, 0.25) is 0 Å². The van der Waals surface area contributed by atoms with Crippen molar-refractivity contribution >= 4 is 11.4 Å². The molecule has 3 aromatic rings. The fraction of sp³-hybridized carbons (Fsp3) is 0.333. The van der Waals surface area contributed by atoms with Gasteiger partial charge in [-0.1, -0.05) is 17.3 Å². The van der Waals surface area contributed by atoms with Crippen LogP contribution in [-0.4, -0.2) is 62.7 Å². The Bertz CT molecular complexity index is 1010. The summed E-state index contributed by atoms with van der Waals surface area (Å²) in [5.41, 5.74) is 1.51. The van der Waals surface area contributed by atoms with Gasteiger partial charge in [-0.25, -0.2) is 0 Å². The van der Waals surface area contributed by atoms with Gasteiger partial charge in [0.2, 0.25) is 5.82 Å². The topological polar surface area (TPSA) is 113 Å². The van der Waals surface area contributed by atoms with E-state index in [1.807, 2.05) is 23.1 Å². The quantitative estimate of drug-likeness (QED) is 0.335. The van der Waals surface area contributed by atoms with Crippen LogP contribution in [0, 0.1) is 10.1 Å². The molecule has 10 heteroatoms. The van der Waals surface area contributed by atoms with Gasteiger partial charge in [0.25, 0.3) is 11.6 Å². The van der Waals surface area contributed by atoms with Gasteiger partial charge >= 0.3 is 0 Å². The first-order valence-corrected chi connectivity index (χ1v) is 9.57. The van der Waals surface area contributed by atoms with Gasteiger partial charge in [-0.2, -0.15) is 4.98 Å². The highest BCUT2D eigenvalue weighted by Gasteiger charge is 2.23. The highest BCUT2D eigenvalue weighted by Crippen LogP contribution is 2.34. The summed E-state index contributed by atoms with van der Waals surface area (Å²) in [7, 11) is 4.72. The van der Waals surface area contributed by atoms with Gasteiger partial charge in [0.1, 0.15) is 11.4 Å². The van der Waals surface area contributed by atoms with Crippen LogP contribution in [0.25, 0.3) is 22.8 Å². The number of aromatic nitrogens is 2. The second-order valence-electron chi connectivity index (χ2n) is 6.56. The lowest BCUT2D eigenvalue weighted by Gasteiger charge is -2.24. The summed E-state index contributed by atoms with van der Waals surface area (Å²) in [4.78, 5) is 17.6. The van der Waals surface area contributed by atoms with Crippen molar-refractivity contribution in [3.05, 3.63) is 52.6 Å². The molecule has 1 aromatic heterocycles. The summed E-state index contributed by atoms with van der Waals surface area (Å²) < 4.78 is 21.0. The second kappa shape index (κ2) is 10.5. The van der Waals surface area contributed by atoms with Gasteiger partial charge in [-0.15, -0.1) is 0 Å². The molecule has 0 fully saturated rings. The second-order valence-corrected chi connectivity index (χ2v) is 6.56. The van der Waals surface area contributed by atoms with Crippen molar-refractivity contribution in [2.24, 2.45) is 0 Å². The number of anilines is 1. The minimum Gasteiger partial charge on any atom is -0.496 e. The maximum atomic E-state index is 11.8. The lowest BCUT2D eigenvalue weighted by atomic mass is 10.1. The number of hydrogen-bond acceptors (Lipinski definition) is 9. The molecule has 0 aliphatic carbocycles.